The van der Waals surface area contributed by atoms with Crippen LogP contribution in [-0.2, 0) is 0 Å². The second kappa shape index (κ2) is 8.97. The minimum Gasteiger partial charge on any atom is -0.395 e. The summed E-state index contributed by atoms with van der Waals surface area (Å²) >= 11 is 0. The van der Waals surface area contributed by atoms with E-state index in [1.165, 1.54) is 19.3 Å². The van der Waals surface area contributed by atoms with Crippen LogP contribution in [0.3, 0.4) is 0 Å². The Morgan fingerprint density at radius 1 is 0.812 bits per heavy atom. The maximum absolute atomic E-state index is 8.85. The van der Waals surface area contributed by atoms with E-state index in [0.29, 0.717) is 18.5 Å². The Hall–Kier alpha value is -0.120. The van der Waals surface area contributed by atoms with Crippen LogP contribution in [0.1, 0.15) is 46.5 Å². The van der Waals surface area contributed by atoms with Gasteiger partial charge in [-0.15, -0.1) is 0 Å². The quantitative estimate of drug-likeness (QED) is 0.596. The van der Waals surface area contributed by atoms with E-state index in [0.717, 1.165) is 13.0 Å². The monoisotopic (exact) mass is 231 g/mol. The van der Waals surface area contributed by atoms with E-state index in [1.54, 1.807) is 0 Å². The van der Waals surface area contributed by atoms with Crippen LogP contribution < -0.4 is 0 Å². The smallest absolute Gasteiger partial charge is 0.0558 e. The van der Waals surface area contributed by atoms with E-state index in [9.17, 15) is 0 Å². The summed E-state index contributed by atoms with van der Waals surface area (Å²) < 4.78 is 0. The first-order valence-electron chi connectivity index (χ1n) is 6.43. The highest BCUT2D eigenvalue weighted by Gasteiger charge is 2.09. The van der Waals surface area contributed by atoms with Gasteiger partial charge in [-0.1, -0.05) is 33.6 Å². The molecule has 0 bridgehead atoms. The topological polar surface area (TPSA) is 43.7 Å². The van der Waals surface area contributed by atoms with Crippen molar-refractivity contribution < 1.29 is 10.2 Å². The third-order valence-corrected chi connectivity index (χ3v) is 2.73. The van der Waals surface area contributed by atoms with E-state index in [1.807, 2.05) is 0 Å². The molecule has 0 aromatic heterocycles. The molecule has 0 aliphatic carbocycles. The van der Waals surface area contributed by atoms with Gasteiger partial charge < -0.3 is 10.2 Å². The molecular weight excluding hydrogens is 202 g/mol. The molecule has 0 radical (unpaired) electrons. The number of rotatable bonds is 9. The summed E-state index contributed by atoms with van der Waals surface area (Å²) in [5, 5.41) is 17.7. The minimum absolute atomic E-state index is 0.183. The summed E-state index contributed by atoms with van der Waals surface area (Å²) in [7, 11) is 0. The first kappa shape index (κ1) is 15.9. The summed E-state index contributed by atoms with van der Waals surface area (Å²) in [5.41, 5.74) is 0.440. The van der Waals surface area contributed by atoms with Gasteiger partial charge in [0.1, 0.15) is 0 Å². The number of hydrogen-bond donors (Lipinski definition) is 2. The van der Waals surface area contributed by atoms with E-state index in [-0.39, 0.29) is 13.2 Å². The molecule has 3 nitrogen and oxygen atoms in total. The Labute approximate surface area is 100 Å². The molecule has 0 saturated carbocycles. The van der Waals surface area contributed by atoms with Crippen LogP contribution in [0.2, 0.25) is 0 Å². The number of nitrogens with zero attached hydrogens (tertiary/aromatic N) is 1. The van der Waals surface area contributed by atoms with Gasteiger partial charge in [-0.3, -0.25) is 4.90 Å². The van der Waals surface area contributed by atoms with Gasteiger partial charge in [0.2, 0.25) is 0 Å². The SMILES string of the molecule is CC(C)(C)CCCCCN(CCO)CCO. The molecule has 0 aromatic carbocycles. The summed E-state index contributed by atoms with van der Waals surface area (Å²) in [6.45, 7) is 9.54. The molecular formula is C13H29NO2. The molecule has 0 atom stereocenters. The zero-order chi connectivity index (χ0) is 12.4. The lowest BCUT2D eigenvalue weighted by atomic mass is 9.89. The van der Waals surface area contributed by atoms with Gasteiger partial charge in [0.15, 0.2) is 0 Å². The van der Waals surface area contributed by atoms with Crippen molar-refractivity contribution in [1.29, 1.82) is 0 Å². The van der Waals surface area contributed by atoms with E-state index in [2.05, 4.69) is 25.7 Å². The van der Waals surface area contributed by atoms with Crippen molar-refractivity contribution in [3.05, 3.63) is 0 Å². The molecule has 0 aliphatic heterocycles. The van der Waals surface area contributed by atoms with Crippen molar-refractivity contribution in [1.82, 2.24) is 4.90 Å². The predicted octanol–water partition coefficient (Wildman–Crippen LogP) is 1.88. The number of aliphatic hydroxyl groups excluding tert-OH is 2. The molecule has 0 amide bonds. The Morgan fingerprint density at radius 3 is 1.81 bits per heavy atom. The molecule has 0 rings (SSSR count). The zero-order valence-electron chi connectivity index (χ0n) is 11.2. The predicted molar refractivity (Wildman–Crippen MR) is 68.5 cm³/mol. The maximum atomic E-state index is 8.85. The first-order valence-corrected chi connectivity index (χ1v) is 6.43. The molecule has 0 aliphatic rings. The molecule has 2 N–H and O–H groups in total. The Morgan fingerprint density at radius 2 is 1.38 bits per heavy atom. The minimum atomic E-state index is 0.183. The second-order valence-electron chi connectivity index (χ2n) is 5.66. The standard InChI is InChI=1S/C13H29NO2/c1-13(2,3)7-5-4-6-8-14(9-11-15)10-12-16/h15-16H,4-12H2,1-3H3. The summed E-state index contributed by atoms with van der Waals surface area (Å²) in [6, 6.07) is 0. The fourth-order valence-corrected chi connectivity index (χ4v) is 1.79. The Kier molecular flexibility index (Phi) is 8.90. The third-order valence-electron chi connectivity index (χ3n) is 2.73. The normalized spacial score (nSPS) is 12.4. The molecule has 0 aromatic rings. The fraction of sp³-hybridized carbons (Fsp3) is 1.00. The van der Waals surface area contributed by atoms with E-state index >= 15 is 0 Å². The van der Waals surface area contributed by atoms with Crippen molar-refractivity contribution in [3.8, 4) is 0 Å². The van der Waals surface area contributed by atoms with Gasteiger partial charge in [-0.25, -0.2) is 0 Å². The van der Waals surface area contributed by atoms with Crippen LogP contribution in [-0.4, -0.2) is 48.0 Å². The van der Waals surface area contributed by atoms with Crippen molar-refractivity contribution in [3.63, 3.8) is 0 Å². The fourth-order valence-electron chi connectivity index (χ4n) is 1.79. The summed E-state index contributed by atoms with van der Waals surface area (Å²) in [5.74, 6) is 0. The molecule has 98 valence electrons. The molecule has 3 heteroatoms. The van der Waals surface area contributed by atoms with Gasteiger partial charge in [0.05, 0.1) is 13.2 Å². The molecule has 0 unspecified atom stereocenters. The molecule has 0 spiro atoms. The van der Waals surface area contributed by atoms with Gasteiger partial charge in [0, 0.05) is 13.1 Å². The van der Waals surface area contributed by atoms with Crippen LogP contribution in [0.25, 0.3) is 0 Å². The van der Waals surface area contributed by atoms with Crippen molar-refractivity contribution in [2.75, 3.05) is 32.8 Å². The maximum Gasteiger partial charge on any atom is 0.0558 e. The lowest BCUT2D eigenvalue weighted by Gasteiger charge is -2.21. The lowest BCUT2D eigenvalue weighted by Crippen LogP contribution is -2.30. The highest BCUT2D eigenvalue weighted by molar-refractivity contribution is 4.62. The lowest BCUT2D eigenvalue weighted by molar-refractivity contribution is 0.158. The highest BCUT2D eigenvalue weighted by atomic mass is 16.3. The van der Waals surface area contributed by atoms with Crippen molar-refractivity contribution in [2.45, 2.75) is 46.5 Å². The largest absolute Gasteiger partial charge is 0.395 e. The third kappa shape index (κ3) is 10.4. The van der Waals surface area contributed by atoms with Gasteiger partial charge in [0.25, 0.3) is 0 Å². The van der Waals surface area contributed by atoms with Gasteiger partial charge >= 0.3 is 0 Å². The summed E-state index contributed by atoms with van der Waals surface area (Å²) in [4.78, 5) is 2.12. The van der Waals surface area contributed by atoms with Crippen LogP contribution in [0.5, 0.6) is 0 Å². The van der Waals surface area contributed by atoms with Crippen LogP contribution in [0, 0.1) is 5.41 Å². The zero-order valence-corrected chi connectivity index (χ0v) is 11.2. The van der Waals surface area contributed by atoms with Crippen LogP contribution in [0.15, 0.2) is 0 Å². The van der Waals surface area contributed by atoms with Crippen LogP contribution >= 0.6 is 0 Å². The Balaban J connectivity index is 3.46. The van der Waals surface area contributed by atoms with Crippen molar-refractivity contribution >= 4 is 0 Å². The molecule has 0 heterocycles. The highest BCUT2D eigenvalue weighted by Crippen LogP contribution is 2.21. The van der Waals surface area contributed by atoms with Crippen LogP contribution in [0.4, 0.5) is 0 Å². The Bertz CT molecular complexity index is 149. The van der Waals surface area contributed by atoms with Crippen molar-refractivity contribution in [2.24, 2.45) is 5.41 Å². The average Bonchev–Trinajstić information content (AvgIpc) is 2.16. The first-order chi connectivity index (χ1) is 7.49. The number of unbranched alkanes of at least 4 members (excludes halogenated alkanes) is 2. The number of hydrogen-bond acceptors (Lipinski definition) is 3. The van der Waals surface area contributed by atoms with E-state index < -0.39 is 0 Å². The second-order valence-corrected chi connectivity index (χ2v) is 5.66. The molecule has 0 saturated heterocycles. The van der Waals surface area contributed by atoms with E-state index in [4.69, 9.17) is 10.2 Å². The molecule has 0 fully saturated rings. The van der Waals surface area contributed by atoms with Gasteiger partial charge in [-0.05, 0) is 24.8 Å². The summed E-state index contributed by atoms with van der Waals surface area (Å²) in [6.07, 6.45) is 4.95. The van der Waals surface area contributed by atoms with Gasteiger partial charge in [-0.2, -0.15) is 0 Å². The molecule has 16 heavy (non-hydrogen) atoms. The number of aliphatic hydroxyl groups is 2. The average molecular weight is 231 g/mol.